The highest BCUT2D eigenvalue weighted by Gasteiger charge is 2.39. The minimum absolute atomic E-state index is 0.0471. The molecule has 0 spiro atoms. The van der Waals surface area contributed by atoms with Crippen molar-refractivity contribution in [1.82, 2.24) is 15.5 Å². The molecule has 34 heavy (non-hydrogen) atoms. The van der Waals surface area contributed by atoms with Crippen molar-refractivity contribution < 1.29 is 32.3 Å². The zero-order chi connectivity index (χ0) is 24.6. The summed E-state index contributed by atoms with van der Waals surface area (Å²) >= 11 is 5.58. The molecule has 2 aliphatic rings. The van der Waals surface area contributed by atoms with Gasteiger partial charge >= 0.3 is 12.2 Å². The van der Waals surface area contributed by atoms with Crippen LogP contribution in [0, 0.1) is 0 Å². The van der Waals surface area contributed by atoms with Crippen LogP contribution in [0.2, 0.25) is 5.02 Å². The molecule has 0 aromatic heterocycles. The Balaban J connectivity index is 1.38. The second-order valence-electron chi connectivity index (χ2n) is 7.89. The largest absolute Gasteiger partial charge is 0.417 e. The zero-order valence-electron chi connectivity index (χ0n) is 17.5. The van der Waals surface area contributed by atoms with Gasteiger partial charge in [-0.25, -0.2) is 4.79 Å². The molecule has 1 atom stereocenters. The summed E-state index contributed by atoms with van der Waals surface area (Å²) in [4.78, 5) is 49.8. The minimum Gasteiger partial charge on any atom is -0.334 e. The first-order valence-corrected chi connectivity index (χ1v) is 10.6. The van der Waals surface area contributed by atoms with Gasteiger partial charge in [0, 0.05) is 30.8 Å². The summed E-state index contributed by atoms with van der Waals surface area (Å²) in [6, 6.07) is 6.52. The number of carbonyl (C=O) groups excluding carboxylic acids is 4. The number of hydrogen-bond donors (Lipinski definition) is 3. The first-order chi connectivity index (χ1) is 16.0. The van der Waals surface area contributed by atoms with E-state index in [2.05, 4.69) is 16.0 Å². The van der Waals surface area contributed by atoms with Crippen LogP contribution in [0.1, 0.15) is 39.9 Å². The minimum atomic E-state index is -4.66. The quantitative estimate of drug-likeness (QED) is 0.566. The third-order valence-electron chi connectivity index (χ3n) is 5.57. The third kappa shape index (κ3) is 4.84. The van der Waals surface area contributed by atoms with Crippen LogP contribution in [-0.2, 0) is 28.9 Å². The summed E-state index contributed by atoms with van der Waals surface area (Å²) < 4.78 is 38.9. The van der Waals surface area contributed by atoms with Crippen LogP contribution in [0.25, 0.3) is 0 Å². The van der Waals surface area contributed by atoms with Gasteiger partial charge in [0.25, 0.3) is 5.91 Å². The number of halogens is 4. The summed E-state index contributed by atoms with van der Waals surface area (Å²) in [5, 5.41) is 6.63. The van der Waals surface area contributed by atoms with Gasteiger partial charge in [0.05, 0.1) is 10.6 Å². The topological polar surface area (TPSA) is 108 Å². The van der Waals surface area contributed by atoms with Crippen LogP contribution >= 0.6 is 11.6 Å². The van der Waals surface area contributed by atoms with Crippen LogP contribution in [0.5, 0.6) is 0 Å². The van der Waals surface area contributed by atoms with Crippen molar-refractivity contribution in [2.45, 2.75) is 38.1 Å². The molecular weight excluding hydrogens is 477 g/mol. The fourth-order valence-electron chi connectivity index (χ4n) is 3.92. The second kappa shape index (κ2) is 8.98. The highest BCUT2D eigenvalue weighted by molar-refractivity contribution is 6.31. The van der Waals surface area contributed by atoms with Gasteiger partial charge in [0.2, 0.25) is 11.8 Å². The number of piperidine rings is 1. The van der Waals surface area contributed by atoms with Crippen LogP contribution < -0.4 is 16.0 Å². The van der Waals surface area contributed by atoms with Gasteiger partial charge in [0.15, 0.2) is 0 Å². The molecule has 12 heteroatoms. The molecule has 0 saturated carbocycles. The summed E-state index contributed by atoms with van der Waals surface area (Å²) in [6.07, 6.45) is -4.26. The highest BCUT2D eigenvalue weighted by Crippen LogP contribution is 2.36. The van der Waals surface area contributed by atoms with Crippen molar-refractivity contribution in [2.24, 2.45) is 0 Å². The van der Waals surface area contributed by atoms with Gasteiger partial charge in [-0.2, -0.15) is 13.2 Å². The standard InChI is InChI=1S/C22H18ClF3N4O4/c23-16-4-2-13(8-15(16)22(24,25)26)28-21(34)27-9-11-1-3-14-12(7-11)10-30(20(14)33)17-5-6-18(31)29-19(17)32/h1-4,7-8,17H,5-6,9-10H2,(H2,27,28,34)(H,29,31,32). The maximum absolute atomic E-state index is 13.0. The number of imide groups is 1. The lowest BCUT2D eigenvalue weighted by Crippen LogP contribution is -2.52. The first-order valence-electron chi connectivity index (χ1n) is 10.2. The number of anilines is 1. The molecule has 1 saturated heterocycles. The maximum Gasteiger partial charge on any atom is 0.417 e. The van der Waals surface area contributed by atoms with Crippen LogP contribution in [-0.4, -0.2) is 34.7 Å². The molecule has 4 rings (SSSR count). The van der Waals surface area contributed by atoms with Gasteiger partial charge < -0.3 is 15.5 Å². The SMILES string of the molecule is O=C1CCC(N2Cc3cc(CNC(=O)Nc4ccc(Cl)c(C(F)(F)F)c4)ccc3C2=O)C(=O)N1. The second-order valence-corrected chi connectivity index (χ2v) is 8.30. The Morgan fingerprint density at radius 3 is 2.62 bits per heavy atom. The Kier molecular flexibility index (Phi) is 6.22. The normalized spacial score (nSPS) is 17.9. The summed E-state index contributed by atoms with van der Waals surface area (Å²) in [6.45, 7) is 0.233. The molecule has 0 aliphatic carbocycles. The molecule has 3 N–H and O–H groups in total. The van der Waals surface area contributed by atoms with E-state index in [1.807, 2.05) is 0 Å². The zero-order valence-corrected chi connectivity index (χ0v) is 18.2. The number of amides is 5. The van der Waals surface area contributed by atoms with E-state index in [1.54, 1.807) is 18.2 Å². The number of alkyl halides is 3. The third-order valence-corrected chi connectivity index (χ3v) is 5.90. The first kappa shape index (κ1) is 23.6. The van der Waals surface area contributed by atoms with E-state index in [1.165, 1.54) is 11.0 Å². The van der Waals surface area contributed by atoms with E-state index < -0.39 is 34.7 Å². The number of urea groups is 1. The molecule has 2 aromatic rings. The average molecular weight is 495 g/mol. The van der Waals surface area contributed by atoms with Crippen molar-refractivity contribution in [2.75, 3.05) is 5.32 Å². The molecule has 2 aromatic carbocycles. The van der Waals surface area contributed by atoms with Gasteiger partial charge in [0.1, 0.15) is 6.04 Å². The lowest BCUT2D eigenvalue weighted by molar-refractivity contribution is -0.138. The Hall–Kier alpha value is -3.60. The van der Waals surface area contributed by atoms with E-state index in [-0.39, 0.29) is 43.4 Å². The molecule has 5 amide bonds. The van der Waals surface area contributed by atoms with E-state index in [4.69, 9.17) is 11.6 Å². The van der Waals surface area contributed by atoms with Gasteiger partial charge in [-0.05, 0) is 41.8 Å². The molecule has 178 valence electrons. The number of nitrogens with zero attached hydrogens (tertiary/aromatic N) is 1. The Morgan fingerprint density at radius 2 is 1.91 bits per heavy atom. The molecule has 1 unspecified atom stereocenters. The lowest BCUT2D eigenvalue weighted by atomic mass is 10.0. The fourth-order valence-corrected chi connectivity index (χ4v) is 4.14. The van der Waals surface area contributed by atoms with E-state index in [0.29, 0.717) is 16.7 Å². The molecule has 2 aliphatic heterocycles. The van der Waals surface area contributed by atoms with Crippen molar-refractivity contribution >= 4 is 41.0 Å². The van der Waals surface area contributed by atoms with E-state index in [9.17, 15) is 32.3 Å². The van der Waals surface area contributed by atoms with Gasteiger partial charge in [-0.15, -0.1) is 0 Å². The molecular formula is C22H18ClF3N4O4. The highest BCUT2D eigenvalue weighted by atomic mass is 35.5. The predicted molar refractivity (Wildman–Crippen MR) is 115 cm³/mol. The molecule has 0 bridgehead atoms. The lowest BCUT2D eigenvalue weighted by Gasteiger charge is -2.29. The van der Waals surface area contributed by atoms with Crippen LogP contribution in [0.4, 0.5) is 23.7 Å². The number of benzene rings is 2. The fraction of sp³-hybridized carbons (Fsp3) is 0.273. The summed E-state index contributed by atoms with van der Waals surface area (Å²) in [5.74, 6) is -1.19. The summed E-state index contributed by atoms with van der Waals surface area (Å²) in [5.41, 5.74) is 0.615. The Labute approximate surface area is 196 Å². The van der Waals surface area contributed by atoms with E-state index in [0.717, 1.165) is 12.1 Å². The van der Waals surface area contributed by atoms with Crippen LogP contribution in [0.3, 0.4) is 0 Å². The molecule has 2 heterocycles. The molecule has 8 nitrogen and oxygen atoms in total. The number of carbonyl (C=O) groups is 4. The Morgan fingerprint density at radius 1 is 1.15 bits per heavy atom. The molecule has 1 fully saturated rings. The van der Waals surface area contributed by atoms with Crippen molar-refractivity contribution in [1.29, 1.82) is 0 Å². The van der Waals surface area contributed by atoms with Crippen molar-refractivity contribution in [3.05, 3.63) is 63.7 Å². The predicted octanol–water partition coefficient (Wildman–Crippen LogP) is 3.44. The monoisotopic (exact) mass is 494 g/mol. The average Bonchev–Trinajstić information content (AvgIpc) is 3.08. The van der Waals surface area contributed by atoms with Crippen molar-refractivity contribution in [3.63, 3.8) is 0 Å². The van der Waals surface area contributed by atoms with Gasteiger partial charge in [-0.3, -0.25) is 19.7 Å². The summed E-state index contributed by atoms with van der Waals surface area (Å²) in [7, 11) is 0. The van der Waals surface area contributed by atoms with E-state index >= 15 is 0 Å². The number of rotatable bonds is 4. The van der Waals surface area contributed by atoms with Gasteiger partial charge in [-0.1, -0.05) is 23.7 Å². The van der Waals surface area contributed by atoms with Crippen molar-refractivity contribution in [3.8, 4) is 0 Å². The smallest absolute Gasteiger partial charge is 0.334 e. The Bertz CT molecular complexity index is 1200. The van der Waals surface area contributed by atoms with Crippen LogP contribution in [0.15, 0.2) is 36.4 Å². The maximum atomic E-state index is 13.0. The number of nitrogens with one attached hydrogen (secondary N) is 3. The molecule has 0 radical (unpaired) electrons. The number of hydrogen-bond acceptors (Lipinski definition) is 4. The number of fused-ring (bicyclic) bond motifs is 1.